The van der Waals surface area contributed by atoms with Crippen LogP contribution in [0.15, 0.2) is 0 Å². The van der Waals surface area contributed by atoms with E-state index in [1.807, 2.05) is 0 Å². The molecule has 0 saturated carbocycles. The van der Waals surface area contributed by atoms with Gasteiger partial charge in [0.1, 0.15) is 0 Å². The van der Waals surface area contributed by atoms with Gasteiger partial charge in [-0.25, -0.2) is 13.8 Å². The van der Waals surface area contributed by atoms with Crippen LogP contribution in [0, 0.1) is 0 Å². The van der Waals surface area contributed by atoms with E-state index in [-0.39, 0.29) is 6.61 Å². The summed E-state index contributed by atoms with van der Waals surface area (Å²) in [5.41, 5.74) is 0. The van der Waals surface area contributed by atoms with E-state index in [1.165, 1.54) is 6.92 Å². The minimum Gasteiger partial charge on any atom is -0.447 e. The van der Waals surface area contributed by atoms with Gasteiger partial charge in [0.05, 0.1) is 6.61 Å². The van der Waals surface area contributed by atoms with Gasteiger partial charge in [-0.05, 0) is 6.92 Å². The lowest BCUT2D eigenvalue weighted by atomic mass is 10.7. The molecule has 0 fully saturated rings. The van der Waals surface area contributed by atoms with Crippen molar-refractivity contribution in [2.75, 3.05) is 13.2 Å². The molecule has 1 amide bonds. The maximum Gasteiger partial charge on any atom is 0.448 e. The van der Waals surface area contributed by atoms with Gasteiger partial charge in [0.2, 0.25) is 0 Å². The van der Waals surface area contributed by atoms with E-state index in [0.717, 1.165) is 0 Å². The number of alkyl halides is 3. The first-order chi connectivity index (χ1) is 6.78. The van der Waals surface area contributed by atoms with Crippen LogP contribution in [0.4, 0.5) is 18.0 Å². The summed E-state index contributed by atoms with van der Waals surface area (Å²) in [7, 11) is 0. The Balaban J connectivity index is 4.29. The van der Waals surface area contributed by atoms with Gasteiger partial charge in [-0.15, -0.1) is 0 Å². The van der Waals surface area contributed by atoms with E-state index in [9.17, 15) is 22.2 Å². The van der Waals surface area contributed by atoms with Crippen LogP contribution in [0.5, 0.6) is 0 Å². The fourth-order valence-electron chi connectivity index (χ4n) is 0.470. The van der Waals surface area contributed by atoms with Crippen LogP contribution < -0.4 is 0 Å². The van der Waals surface area contributed by atoms with Crippen LogP contribution in [-0.4, -0.2) is 38.7 Å². The summed E-state index contributed by atoms with van der Waals surface area (Å²) in [4.78, 5) is 14.5. The molecule has 0 heterocycles. The summed E-state index contributed by atoms with van der Waals surface area (Å²) in [6.45, 7) is -0.653. The molecular weight excluding hydrogens is 243 g/mol. The quantitative estimate of drug-likeness (QED) is 0.597. The molecule has 1 unspecified atom stereocenters. The standard InChI is InChI=1S/C5H8F3NO5S/c1-2-13-4(10)9(15(11)12)14-3-5(6,7)8/h2-3H2,1H3,(H,11,12). The summed E-state index contributed by atoms with van der Waals surface area (Å²) >= 11 is -3.03. The number of rotatable bonds is 4. The topological polar surface area (TPSA) is 76.1 Å². The SMILES string of the molecule is CCOC(=O)N(OCC(F)(F)F)S(=O)O. The number of ether oxygens (including phenoxy) is 1. The van der Waals surface area contributed by atoms with Crippen molar-refractivity contribution >= 4 is 17.4 Å². The molecule has 0 bridgehead atoms. The van der Waals surface area contributed by atoms with E-state index in [0.29, 0.717) is 0 Å². The Hall–Kier alpha value is -0.870. The van der Waals surface area contributed by atoms with Crippen LogP contribution in [0.25, 0.3) is 0 Å². The largest absolute Gasteiger partial charge is 0.448 e. The predicted octanol–water partition coefficient (Wildman–Crippen LogP) is 1.08. The van der Waals surface area contributed by atoms with Gasteiger partial charge in [0.25, 0.3) is 11.3 Å². The molecule has 15 heavy (non-hydrogen) atoms. The summed E-state index contributed by atoms with van der Waals surface area (Å²) in [6.07, 6.45) is -6.19. The second-order valence-corrected chi connectivity index (χ2v) is 2.87. The van der Waals surface area contributed by atoms with Gasteiger partial charge in [-0.3, -0.25) is 4.55 Å². The van der Waals surface area contributed by atoms with Crippen molar-refractivity contribution < 1.29 is 36.3 Å². The van der Waals surface area contributed by atoms with Crippen LogP contribution in [0.3, 0.4) is 0 Å². The summed E-state index contributed by atoms with van der Waals surface area (Å²) in [6, 6.07) is 0. The number of hydroxylamine groups is 1. The summed E-state index contributed by atoms with van der Waals surface area (Å²) in [5, 5.41) is 0. The average Bonchev–Trinajstić information content (AvgIpc) is 2.01. The smallest absolute Gasteiger partial charge is 0.447 e. The molecule has 0 aromatic carbocycles. The Morgan fingerprint density at radius 2 is 2.07 bits per heavy atom. The van der Waals surface area contributed by atoms with Crippen molar-refractivity contribution in [1.82, 2.24) is 4.47 Å². The molecule has 0 aromatic heterocycles. The van der Waals surface area contributed by atoms with E-state index in [2.05, 4.69) is 9.57 Å². The number of nitrogens with zero attached hydrogens (tertiary/aromatic N) is 1. The van der Waals surface area contributed by atoms with Crippen molar-refractivity contribution in [3.8, 4) is 0 Å². The molecule has 0 aliphatic rings. The minimum absolute atomic E-state index is 0.165. The van der Waals surface area contributed by atoms with Crippen molar-refractivity contribution in [2.45, 2.75) is 13.1 Å². The highest BCUT2D eigenvalue weighted by Gasteiger charge is 2.32. The van der Waals surface area contributed by atoms with Gasteiger partial charge in [0, 0.05) is 0 Å². The predicted molar refractivity (Wildman–Crippen MR) is 41.6 cm³/mol. The van der Waals surface area contributed by atoms with E-state index < -0.39 is 34.6 Å². The van der Waals surface area contributed by atoms with E-state index in [1.54, 1.807) is 0 Å². The van der Waals surface area contributed by atoms with Crippen LogP contribution in [0.1, 0.15) is 6.92 Å². The highest BCUT2D eigenvalue weighted by atomic mass is 32.2. The molecule has 90 valence electrons. The number of hydrogen-bond acceptors (Lipinski definition) is 4. The molecule has 0 aromatic rings. The number of hydrogen-bond donors (Lipinski definition) is 1. The zero-order valence-corrected chi connectivity index (χ0v) is 8.30. The lowest BCUT2D eigenvalue weighted by Crippen LogP contribution is -2.36. The number of amides is 1. The third-order valence-electron chi connectivity index (χ3n) is 0.904. The maximum atomic E-state index is 11.6. The molecule has 0 aliphatic heterocycles. The number of carbonyl (C=O) groups excluding carboxylic acids is 1. The fourth-order valence-corrected chi connectivity index (χ4v) is 0.793. The van der Waals surface area contributed by atoms with Crippen LogP contribution in [0.2, 0.25) is 0 Å². The van der Waals surface area contributed by atoms with Crippen LogP contribution in [-0.2, 0) is 20.8 Å². The van der Waals surface area contributed by atoms with Gasteiger partial charge < -0.3 is 4.74 Å². The first-order valence-electron chi connectivity index (χ1n) is 3.55. The second kappa shape index (κ2) is 5.88. The Labute approximate surface area is 85.3 Å². The molecule has 0 spiro atoms. The molecule has 0 saturated heterocycles. The Bertz CT molecular complexity index is 245. The van der Waals surface area contributed by atoms with Gasteiger partial charge in [0.15, 0.2) is 6.61 Å². The molecule has 1 atom stereocenters. The van der Waals surface area contributed by atoms with Gasteiger partial charge >= 0.3 is 12.3 Å². The first-order valence-corrected chi connectivity index (χ1v) is 4.61. The fraction of sp³-hybridized carbons (Fsp3) is 0.800. The average molecular weight is 251 g/mol. The third kappa shape index (κ3) is 6.25. The van der Waals surface area contributed by atoms with Crippen LogP contribution >= 0.6 is 0 Å². The van der Waals surface area contributed by atoms with Crippen molar-refractivity contribution in [3.05, 3.63) is 0 Å². The molecule has 0 radical (unpaired) electrons. The lowest BCUT2D eigenvalue weighted by molar-refractivity contribution is -0.213. The van der Waals surface area contributed by atoms with Crippen molar-refractivity contribution in [3.63, 3.8) is 0 Å². The Morgan fingerprint density at radius 3 is 2.40 bits per heavy atom. The zero-order valence-electron chi connectivity index (χ0n) is 7.48. The monoisotopic (exact) mass is 251 g/mol. The van der Waals surface area contributed by atoms with Gasteiger partial charge in [-0.2, -0.15) is 13.2 Å². The number of carbonyl (C=O) groups is 1. The second-order valence-electron chi connectivity index (χ2n) is 2.08. The highest BCUT2D eigenvalue weighted by molar-refractivity contribution is 7.77. The van der Waals surface area contributed by atoms with E-state index in [4.69, 9.17) is 4.55 Å². The molecule has 0 aliphatic carbocycles. The molecule has 10 heteroatoms. The summed E-state index contributed by atoms with van der Waals surface area (Å²) in [5.74, 6) is 0. The lowest BCUT2D eigenvalue weighted by Gasteiger charge is -2.16. The third-order valence-corrected chi connectivity index (χ3v) is 1.44. The highest BCUT2D eigenvalue weighted by Crippen LogP contribution is 2.16. The molecule has 1 N–H and O–H groups in total. The van der Waals surface area contributed by atoms with Crippen molar-refractivity contribution in [2.24, 2.45) is 0 Å². The Morgan fingerprint density at radius 1 is 1.53 bits per heavy atom. The molecule has 0 rings (SSSR count). The normalized spacial score (nSPS) is 13.4. The number of halogens is 3. The van der Waals surface area contributed by atoms with Gasteiger partial charge in [-0.1, -0.05) is 4.47 Å². The van der Waals surface area contributed by atoms with Crippen molar-refractivity contribution in [1.29, 1.82) is 0 Å². The maximum absolute atomic E-state index is 11.6. The first kappa shape index (κ1) is 14.1. The molecular formula is C5H8F3NO5S. The van der Waals surface area contributed by atoms with E-state index >= 15 is 0 Å². The minimum atomic E-state index is -4.72. The zero-order chi connectivity index (χ0) is 12.1. The molecule has 6 nitrogen and oxygen atoms in total. The Kier molecular flexibility index (Phi) is 5.54. The summed E-state index contributed by atoms with van der Waals surface area (Å²) < 4.78 is 57.5.